The van der Waals surface area contributed by atoms with Crippen LogP contribution in [0.4, 0.5) is 0 Å². The van der Waals surface area contributed by atoms with Crippen LogP contribution in [0, 0.1) is 0 Å². The van der Waals surface area contributed by atoms with Crippen molar-refractivity contribution in [1.82, 2.24) is 4.98 Å². The Morgan fingerprint density at radius 2 is 2.00 bits per heavy atom. The van der Waals surface area contributed by atoms with E-state index in [0.29, 0.717) is 12.3 Å². The molecule has 1 aromatic carbocycles. The van der Waals surface area contributed by atoms with Gasteiger partial charge in [-0.1, -0.05) is 30.3 Å². The molecule has 0 spiro atoms. The van der Waals surface area contributed by atoms with Gasteiger partial charge in [0.15, 0.2) is 0 Å². The van der Waals surface area contributed by atoms with E-state index in [1.54, 1.807) is 6.92 Å². The van der Waals surface area contributed by atoms with Crippen molar-refractivity contribution in [3.05, 3.63) is 41.4 Å². The molecule has 0 atom stereocenters. The SMILES string of the molecule is CCOC(=O)CC(=O)Cc1csc(-c2ccccc2)n1. The molecule has 0 saturated carbocycles. The third-order valence-electron chi connectivity index (χ3n) is 2.60. The van der Waals surface area contributed by atoms with Gasteiger partial charge in [-0.15, -0.1) is 11.3 Å². The van der Waals surface area contributed by atoms with Crippen molar-refractivity contribution in [2.75, 3.05) is 6.61 Å². The molecule has 0 N–H and O–H groups in total. The van der Waals surface area contributed by atoms with Crippen LogP contribution in [0.15, 0.2) is 35.7 Å². The summed E-state index contributed by atoms with van der Waals surface area (Å²) in [5.41, 5.74) is 1.73. The number of aromatic nitrogens is 1. The van der Waals surface area contributed by atoms with Crippen LogP contribution in [-0.2, 0) is 20.7 Å². The molecule has 0 unspecified atom stereocenters. The molecule has 0 amide bonds. The summed E-state index contributed by atoms with van der Waals surface area (Å²) in [4.78, 5) is 27.3. The maximum absolute atomic E-state index is 11.7. The first-order valence-electron chi connectivity index (χ1n) is 6.36. The summed E-state index contributed by atoms with van der Waals surface area (Å²) < 4.78 is 4.75. The van der Waals surface area contributed by atoms with Crippen LogP contribution in [0.5, 0.6) is 0 Å². The first kappa shape index (κ1) is 14.4. The standard InChI is InChI=1S/C15H15NO3S/c1-2-19-14(18)9-13(17)8-12-10-20-15(16-12)11-6-4-3-5-7-11/h3-7,10H,2,8-9H2,1H3. The van der Waals surface area contributed by atoms with E-state index in [0.717, 1.165) is 10.6 Å². The normalized spacial score (nSPS) is 10.2. The van der Waals surface area contributed by atoms with E-state index >= 15 is 0 Å². The number of ketones is 1. The highest BCUT2D eigenvalue weighted by Crippen LogP contribution is 2.23. The highest BCUT2D eigenvalue weighted by atomic mass is 32.1. The number of esters is 1. The highest BCUT2D eigenvalue weighted by molar-refractivity contribution is 7.13. The number of Topliss-reactive ketones (excluding diaryl/α,β-unsaturated/α-hetero) is 1. The molecule has 4 nitrogen and oxygen atoms in total. The largest absolute Gasteiger partial charge is 0.466 e. The summed E-state index contributed by atoms with van der Waals surface area (Å²) in [6.45, 7) is 2.01. The quantitative estimate of drug-likeness (QED) is 0.606. The molecule has 0 radical (unpaired) electrons. The Morgan fingerprint density at radius 1 is 1.25 bits per heavy atom. The molecule has 0 fully saturated rings. The average Bonchev–Trinajstić information content (AvgIpc) is 2.88. The average molecular weight is 289 g/mol. The Labute approximate surface area is 121 Å². The Balaban J connectivity index is 1.96. The van der Waals surface area contributed by atoms with Crippen molar-refractivity contribution >= 4 is 23.1 Å². The van der Waals surface area contributed by atoms with Crippen LogP contribution >= 0.6 is 11.3 Å². The molecule has 0 aliphatic heterocycles. The van der Waals surface area contributed by atoms with Crippen molar-refractivity contribution in [2.45, 2.75) is 19.8 Å². The fraction of sp³-hybridized carbons (Fsp3) is 0.267. The van der Waals surface area contributed by atoms with Crippen molar-refractivity contribution in [1.29, 1.82) is 0 Å². The van der Waals surface area contributed by atoms with Crippen LogP contribution in [0.1, 0.15) is 19.0 Å². The van der Waals surface area contributed by atoms with Gasteiger partial charge in [0.2, 0.25) is 0 Å². The zero-order valence-corrected chi connectivity index (χ0v) is 12.0. The van der Waals surface area contributed by atoms with Gasteiger partial charge >= 0.3 is 5.97 Å². The first-order valence-corrected chi connectivity index (χ1v) is 7.24. The molecular formula is C15H15NO3S. The number of hydrogen-bond donors (Lipinski definition) is 0. The van der Waals surface area contributed by atoms with Crippen molar-refractivity contribution in [2.24, 2.45) is 0 Å². The van der Waals surface area contributed by atoms with E-state index in [-0.39, 0.29) is 18.6 Å². The minimum Gasteiger partial charge on any atom is -0.466 e. The first-order chi connectivity index (χ1) is 9.69. The summed E-state index contributed by atoms with van der Waals surface area (Å²) in [7, 11) is 0. The van der Waals surface area contributed by atoms with Crippen LogP contribution in [0.25, 0.3) is 10.6 Å². The van der Waals surface area contributed by atoms with Crippen molar-refractivity contribution in [3.63, 3.8) is 0 Å². The number of nitrogens with zero attached hydrogens (tertiary/aromatic N) is 1. The van der Waals surface area contributed by atoms with E-state index in [2.05, 4.69) is 4.98 Å². The molecule has 104 valence electrons. The maximum Gasteiger partial charge on any atom is 0.313 e. The van der Waals surface area contributed by atoms with Gasteiger partial charge in [0, 0.05) is 10.9 Å². The van der Waals surface area contributed by atoms with Gasteiger partial charge in [-0.3, -0.25) is 9.59 Å². The number of hydrogen-bond acceptors (Lipinski definition) is 5. The number of carbonyl (C=O) groups is 2. The summed E-state index contributed by atoms with van der Waals surface area (Å²) in [6.07, 6.45) is -0.0197. The lowest BCUT2D eigenvalue weighted by Gasteiger charge is -1.99. The Morgan fingerprint density at radius 3 is 2.70 bits per heavy atom. The molecule has 0 saturated heterocycles. The van der Waals surface area contributed by atoms with E-state index in [1.807, 2.05) is 35.7 Å². The van der Waals surface area contributed by atoms with E-state index in [1.165, 1.54) is 11.3 Å². The summed E-state index contributed by atoms with van der Waals surface area (Å²) in [5, 5.41) is 2.73. The molecule has 2 rings (SSSR count). The second-order valence-corrected chi connectivity index (χ2v) is 5.07. The molecule has 0 aliphatic rings. The molecule has 20 heavy (non-hydrogen) atoms. The molecule has 5 heteroatoms. The number of rotatable bonds is 6. The molecule has 1 aromatic heterocycles. The van der Waals surface area contributed by atoms with Gasteiger partial charge in [-0.05, 0) is 6.92 Å². The van der Waals surface area contributed by atoms with Gasteiger partial charge in [0.25, 0.3) is 0 Å². The Bertz CT molecular complexity index is 592. The Hall–Kier alpha value is -2.01. The summed E-state index contributed by atoms with van der Waals surface area (Å²) in [6, 6.07) is 9.79. The fourth-order valence-corrected chi connectivity index (χ4v) is 2.56. The Kier molecular flexibility index (Phi) is 5.01. The second-order valence-electron chi connectivity index (χ2n) is 4.21. The predicted molar refractivity (Wildman–Crippen MR) is 77.5 cm³/mol. The summed E-state index contributed by atoms with van der Waals surface area (Å²) >= 11 is 1.49. The van der Waals surface area contributed by atoms with Crippen molar-refractivity contribution < 1.29 is 14.3 Å². The van der Waals surface area contributed by atoms with Crippen LogP contribution < -0.4 is 0 Å². The highest BCUT2D eigenvalue weighted by Gasteiger charge is 2.13. The maximum atomic E-state index is 11.7. The lowest BCUT2D eigenvalue weighted by atomic mass is 10.2. The minimum absolute atomic E-state index is 0.169. The van der Waals surface area contributed by atoms with Crippen LogP contribution in [-0.4, -0.2) is 23.3 Å². The third-order valence-corrected chi connectivity index (χ3v) is 3.54. The van der Waals surface area contributed by atoms with E-state index in [4.69, 9.17) is 4.74 Å². The number of benzene rings is 1. The van der Waals surface area contributed by atoms with Gasteiger partial charge in [0.1, 0.15) is 17.2 Å². The molecule has 0 aliphatic carbocycles. The zero-order chi connectivity index (χ0) is 14.4. The molecule has 0 bridgehead atoms. The monoisotopic (exact) mass is 289 g/mol. The van der Waals surface area contributed by atoms with Gasteiger partial charge in [0.05, 0.1) is 18.7 Å². The minimum atomic E-state index is -0.476. The lowest BCUT2D eigenvalue weighted by Crippen LogP contribution is -2.13. The number of thiazole rings is 1. The number of ether oxygens (including phenoxy) is 1. The van der Waals surface area contributed by atoms with Gasteiger partial charge < -0.3 is 4.74 Å². The second kappa shape index (κ2) is 6.96. The third kappa shape index (κ3) is 3.99. The lowest BCUT2D eigenvalue weighted by molar-refractivity contribution is -0.145. The topological polar surface area (TPSA) is 56.3 Å². The zero-order valence-electron chi connectivity index (χ0n) is 11.2. The predicted octanol–water partition coefficient (Wildman–Crippen LogP) is 2.87. The fourth-order valence-electron chi connectivity index (χ4n) is 1.74. The van der Waals surface area contributed by atoms with Gasteiger partial charge in [-0.2, -0.15) is 0 Å². The van der Waals surface area contributed by atoms with Crippen LogP contribution in [0.3, 0.4) is 0 Å². The van der Waals surface area contributed by atoms with Gasteiger partial charge in [-0.25, -0.2) is 4.98 Å². The smallest absolute Gasteiger partial charge is 0.313 e. The van der Waals surface area contributed by atoms with E-state index in [9.17, 15) is 9.59 Å². The molecule has 1 heterocycles. The number of carbonyl (C=O) groups excluding carboxylic acids is 2. The van der Waals surface area contributed by atoms with Crippen molar-refractivity contribution in [3.8, 4) is 10.6 Å². The molecule has 2 aromatic rings. The molecular weight excluding hydrogens is 274 g/mol. The summed E-state index contributed by atoms with van der Waals surface area (Å²) in [5.74, 6) is -0.649. The van der Waals surface area contributed by atoms with Crippen LogP contribution in [0.2, 0.25) is 0 Å². The van der Waals surface area contributed by atoms with E-state index < -0.39 is 5.97 Å².